The van der Waals surface area contributed by atoms with Gasteiger partial charge in [0.2, 0.25) is 10.0 Å². The summed E-state index contributed by atoms with van der Waals surface area (Å²) in [5, 5.41) is 4.06. The molecule has 19 heavy (non-hydrogen) atoms. The summed E-state index contributed by atoms with van der Waals surface area (Å²) >= 11 is 1.12. The van der Waals surface area contributed by atoms with Gasteiger partial charge in [0, 0.05) is 16.8 Å². The van der Waals surface area contributed by atoms with Crippen LogP contribution in [0, 0.1) is 0 Å². The highest BCUT2D eigenvalue weighted by Gasteiger charge is 2.41. The predicted octanol–water partition coefficient (Wildman–Crippen LogP) is 1.65. The fraction of sp³-hybridized carbons (Fsp3) is 0.556. The van der Waals surface area contributed by atoms with Gasteiger partial charge in [-0.1, -0.05) is 0 Å². The minimum atomic E-state index is -4.39. The van der Waals surface area contributed by atoms with Crippen LogP contribution in [0.15, 0.2) is 16.3 Å². The number of halogens is 4. The van der Waals surface area contributed by atoms with Crippen LogP contribution in [0.5, 0.6) is 0 Å². The van der Waals surface area contributed by atoms with Gasteiger partial charge in [-0.3, -0.25) is 0 Å². The van der Waals surface area contributed by atoms with Gasteiger partial charge in [0.25, 0.3) is 0 Å². The molecule has 110 valence electrons. The quantitative estimate of drug-likeness (QED) is 0.751. The molecule has 0 atom stereocenters. The minimum absolute atomic E-state index is 0.215. The Morgan fingerprint density at radius 2 is 2.05 bits per heavy atom. The summed E-state index contributed by atoms with van der Waals surface area (Å²) in [5.41, 5.74) is 0. The maximum atomic E-state index is 12.6. The molecule has 1 heterocycles. The van der Waals surface area contributed by atoms with E-state index < -0.39 is 28.9 Å². The van der Waals surface area contributed by atoms with E-state index in [-0.39, 0.29) is 4.90 Å². The normalized spacial score (nSPS) is 13.2. The second-order valence-electron chi connectivity index (χ2n) is 3.67. The molecule has 0 spiro atoms. The predicted molar refractivity (Wildman–Crippen MR) is 63.2 cm³/mol. The molecular weight excluding hydrogens is 308 g/mol. The number of sulfonamides is 1. The van der Waals surface area contributed by atoms with Crippen LogP contribution in [-0.4, -0.2) is 34.4 Å². The fourth-order valence-electron chi connectivity index (χ4n) is 1.12. The summed E-state index contributed by atoms with van der Waals surface area (Å²) in [6.07, 6.45) is -3.92. The van der Waals surface area contributed by atoms with E-state index in [2.05, 4.69) is 5.32 Å². The van der Waals surface area contributed by atoms with Crippen LogP contribution in [0.2, 0.25) is 0 Å². The van der Waals surface area contributed by atoms with Crippen molar-refractivity contribution >= 4 is 21.4 Å². The minimum Gasteiger partial charge on any atom is -0.315 e. The van der Waals surface area contributed by atoms with Crippen LogP contribution in [-0.2, 0) is 16.6 Å². The van der Waals surface area contributed by atoms with Crippen molar-refractivity contribution in [2.75, 3.05) is 13.6 Å². The molecule has 0 unspecified atom stereocenters. The molecule has 10 heteroatoms. The molecule has 0 radical (unpaired) electrons. The van der Waals surface area contributed by atoms with Gasteiger partial charge in [-0.05, 0) is 13.1 Å². The Labute approximate surface area is 111 Å². The zero-order valence-electron chi connectivity index (χ0n) is 9.79. The highest BCUT2D eigenvalue weighted by atomic mass is 32.2. The highest BCUT2D eigenvalue weighted by molar-refractivity contribution is 7.89. The molecule has 0 aliphatic rings. The molecule has 1 aromatic rings. The molecular formula is C9H12F4N2O2S2. The van der Waals surface area contributed by atoms with Gasteiger partial charge < -0.3 is 5.32 Å². The summed E-state index contributed by atoms with van der Waals surface area (Å²) in [6, 6.07) is 1.30. The molecule has 0 saturated carbocycles. The second-order valence-corrected chi connectivity index (χ2v) is 6.43. The van der Waals surface area contributed by atoms with E-state index >= 15 is 0 Å². The molecule has 1 rings (SSSR count). The topological polar surface area (TPSA) is 58.2 Å². The average molecular weight is 320 g/mol. The van der Waals surface area contributed by atoms with Crippen molar-refractivity contribution in [1.29, 1.82) is 0 Å². The van der Waals surface area contributed by atoms with Gasteiger partial charge >= 0.3 is 12.3 Å². The van der Waals surface area contributed by atoms with Gasteiger partial charge in [0.05, 0.1) is 11.4 Å². The van der Waals surface area contributed by atoms with Gasteiger partial charge in [-0.25, -0.2) is 21.9 Å². The lowest BCUT2D eigenvalue weighted by Gasteiger charge is -2.15. The Bertz CT molecular complexity index is 516. The van der Waals surface area contributed by atoms with E-state index in [0.29, 0.717) is 11.4 Å². The largest absolute Gasteiger partial charge is 0.320 e. The monoisotopic (exact) mass is 320 g/mol. The van der Waals surface area contributed by atoms with Crippen molar-refractivity contribution in [3.63, 3.8) is 0 Å². The molecule has 0 bridgehead atoms. The van der Waals surface area contributed by atoms with Crippen LogP contribution in [0.25, 0.3) is 0 Å². The fourth-order valence-corrected chi connectivity index (χ4v) is 3.45. The molecule has 0 saturated heterocycles. The van der Waals surface area contributed by atoms with Crippen molar-refractivity contribution in [2.45, 2.75) is 23.8 Å². The van der Waals surface area contributed by atoms with E-state index in [4.69, 9.17) is 0 Å². The van der Waals surface area contributed by atoms with Crippen LogP contribution in [0.3, 0.4) is 0 Å². The van der Waals surface area contributed by atoms with Crippen LogP contribution < -0.4 is 10.0 Å². The van der Waals surface area contributed by atoms with Crippen molar-refractivity contribution in [3.8, 4) is 0 Å². The third-order valence-corrected chi connectivity index (χ3v) is 4.57. The summed E-state index contributed by atoms with van der Waals surface area (Å²) in [6.45, 7) is -1.21. The van der Waals surface area contributed by atoms with Gasteiger partial charge in [-0.15, -0.1) is 11.3 Å². The van der Waals surface area contributed by atoms with Crippen molar-refractivity contribution < 1.29 is 26.0 Å². The first-order valence-corrected chi connectivity index (χ1v) is 7.43. The Hall–Kier alpha value is -0.710. The third kappa shape index (κ3) is 4.41. The lowest BCUT2D eigenvalue weighted by molar-refractivity contribution is -0.122. The Morgan fingerprint density at radius 3 is 2.58 bits per heavy atom. The van der Waals surface area contributed by atoms with Crippen molar-refractivity contribution in [3.05, 3.63) is 16.3 Å². The summed E-state index contributed by atoms with van der Waals surface area (Å²) in [5.74, 6) is -4.39. The summed E-state index contributed by atoms with van der Waals surface area (Å²) in [4.78, 5) is 0.469. The van der Waals surface area contributed by atoms with E-state index in [0.717, 1.165) is 11.3 Å². The smallest absolute Gasteiger partial charge is 0.315 e. The molecule has 0 aliphatic carbocycles. The summed E-state index contributed by atoms with van der Waals surface area (Å²) < 4.78 is 73.8. The maximum absolute atomic E-state index is 12.6. The molecule has 4 nitrogen and oxygen atoms in total. The lowest BCUT2D eigenvalue weighted by Crippen LogP contribution is -2.41. The van der Waals surface area contributed by atoms with E-state index in [1.165, 1.54) is 16.2 Å². The molecule has 0 aliphatic heterocycles. The number of nitrogens with one attached hydrogen (secondary N) is 2. The Kier molecular flexibility index (Phi) is 5.30. The first-order chi connectivity index (χ1) is 8.69. The van der Waals surface area contributed by atoms with Gasteiger partial charge in [-0.2, -0.15) is 8.78 Å². The maximum Gasteiger partial charge on any atom is 0.320 e. The second kappa shape index (κ2) is 6.16. The molecule has 0 amide bonds. The third-order valence-electron chi connectivity index (χ3n) is 2.11. The number of rotatable bonds is 7. The zero-order chi connectivity index (χ0) is 14.7. The van der Waals surface area contributed by atoms with Crippen LogP contribution in [0.1, 0.15) is 4.88 Å². The number of hydrogen-bond donors (Lipinski definition) is 2. The Balaban J connectivity index is 2.75. The number of alkyl halides is 4. The first kappa shape index (κ1) is 16.3. The van der Waals surface area contributed by atoms with E-state index in [1.54, 1.807) is 7.05 Å². The lowest BCUT2D eigenvalue weighted by atomic mass is 10.4. The molecule has 0 fully saturated rings. The van der Waals surface area contributed by atoms with Crippen LogP contribution >= 0.6 is 11.3 Å². The van der Waals surface area contributed by atoms with Gasteiger partial charge in [0.15, 0.2) is 0 Å². The molecule has 0 aromatic carbocycles. The van der Waals surface area contributed by atoms with Crippen molar-refractivity contribution in [2.24, 2.45) is 0 Å². The van der Waals surface area contributed by atoms with Gasteiger partial charge in [0.1, 0.15) is 0 Å². The zero-order valence-corrected chi connectivity index (χ0v) is 11.4. The standard InChI is InChI=1S/C9H12F4N2O2S2/c1-14-3-6-2-7(4-18-6)19(16,17)15-5-9(12,13)8(10)11/h2,4,8,14-15H,3,5H2,1H3. The molecule has 2 N–H and O–H groups in total. The summed E-state index contributed by atoms with van der Waals surface area (Å²) in [7, 11) is -2.54. The Morgan fingerprint density at radius 1 is 1.42 bits per heavy atom. The van der Waals surface area contributed by atoms with E-state index in [1.807, 2.05) is 0 Å². The molecule has 1 aromatic heterocycles. The van der Waals surface area contributed by atoms with Crippen molar-refractivity contribution in [1.82, 2.24) is 10.0 Å². The SMILES string of the molecule is CNCc1cc(S(=O)(=O)NCC(F)(F)C(F)F)cs1. The first-order valence-electron chi connectivity index (χ1n) is 5.06. The number of thiophene rings is 1. The van der Waals surface area contributed by atoms with E-state index in [9.17, 15) is 26.0 Å². The van der Waals surface area contributed by atoms with Crippen LogP contribution in [0.4, 0.5) is 17.6 Å². The number of hydrogen-bond acceptors (Lipinski definition) is 4. The highest BCUT2D eigenvalue weighted by Crippen LogP contribution is 2.23. The average Bonchev–Trinajstić information content (AvgIpc) is 2.76.